The fraction of sp³-hybridized carbons (Fsp3) is 0.429. The summed E-state index contributed by atoms with van der Waals surface area (Å²) in [6.07, 6.45) is 5.56. The quantitative estimate of drug-likeness (QED) is 0.736. The Balaban J connectivity index is 1.49. The lowest BCUT2D eigenvalue weighted by Gasteiger charge is -2.20. The van der Waals surface area contributed by atoms with E-state index in [1.54, 1.807) is 0 Å². The lowest BCUT2D eigenvalue weighted by atomic mass is 9.88. The van der Waals surface area contributed by atoms with Gasteiger partial charge in [-0.25, -0.2) is 9.37 Å². The molecule has 3 N–H and O–H groups in total. The number of thiazole rings is 1. The van der Waals surface area contributed by atoms with Crippen molar-refractivity contribution in [2.45, 2.75) is 51.5 Å². The number of amides is 2. The molecule has 2 unspecified atom stereocenters. The molecule has 2 aliphatic rings. The number of carbonyl (C=O) groups excluding carboxylic acids is 2. The molecule has 0 radical (unpaired) electrons. The van der Waals surface area contributed by atoms with Crippen LogP contribution in [-0.4, -0.2) is 28.6 Å². The van der Waals surface area contributed by atoms with Crippen LogP contribution >= 0.6 is 11.3 Å². The molecule has 0 saturated carbocycles. The number of carbonyl (C=O) groups is 2. The van der Waals surface area contributed by atoms with Gasteiger partial charge in [0, 0.05) is 11.3 Å². The van der Waals surface area contributed by atoms with Crippen molar-refractivity contribution in [2.24, 2.45) is 16.8 Å². The summed E-state index contributed by atoms with van der Waals surface area (Å²) in [5.41, 5.74) is 7.26. The molecule has 1 aromatic heterocycles. The van der Waals surface area contributed by atoms with Crippen molar-refractivity contribution in [2.75, 3.05) is 10.3 Å². The summed E-state index contributed by atoms with van der Waals surface area (Å²) >= 11 is 1.51. The van der Waals surface area contributed by atoms with Crippen molar-refractivity contribution in [1.82, 2.24) is 4.98 Å². The van der Waals surface area contributed by atoms with Crippen LogP contribution in [0.5, 0.6) is 0 Å². The Bertz CT molecular complexity index is 988. The van der Waals surface area contributed by atoms with E-state index in [0.717, 1.165) is 25.0 Å². The number of nitrogens with two attached hydrogens (primary N) is 1. The zero-order valence-electron chi connectivity index (χ0n) is 16.7. The second kappa shape index (κ2) is 8.51. The van der Waals surface area contributed by atoms with Crippen molar-refractivity contribution in [3.05, 3.63) is 40.7 Å². The Kier molecular flexibility index (Phi) is 5.80. The van der Waals surface area contributed by atoms with Crippen LogP contribution in [0.1, 0.15) is 43.2 Å². The van der Waals surface area contributed by atoms with Crippen molar-refractivity contribution < 1.29 is 14.0 Å². The third-order valence-corrected chi connectivity index (χ3v) is 6.59. The number of nitrogens with one attached hydrogen (secondary N) is 1. The van der Waals surface area contributed by atoms with Gasteiger partial charge < -0.3 is 5.73 Å². The third-order valence-electron chi connectivity index (χ3n) is 5.55. The Labute approximate surface area is 178 Å². The Morgan fingerprint density at radius 2 is 2.07 bits per heavy atom. The van der Waals surface area contributed by atoms with E-state index in [2.05, 4.69) is 22.3 Å². The topological polar surface area (TPSA) is 101 Å². The first-order valence-corrected chi connectivity index (χ1v) is 11.0. The number of fused-ring (bicyclic) bond motifs is 1. The molecule has 7 nitrogen and oxygen atoms in total. The molecule has 0 bridgehead atoms. The lowest BCUT2D eigenvalue weighted by Crippen LogP contribution is -2.39. The van der Waals surface area contributed by atoms with Crippen LogP contribution in [0.3, 0.4) is 0 Å². The van der Waals surface area contributed by atoms with Gasteiger partial charge in [-0.15, -0.1) is 11.3 Å². The van der Waals surface area contributed by atoms with Crippen molar-refractivity contribution in [1.29, 1.82) is 0 Å². The Morgan fingerprint density at radius 3 is 2.77 bits per heavy atom. The molecular weight excluding hydrogens is 405 g/mol. The molecule has 9 heteroatoms. The molecule has 2 aromatic rings. The second-order valence-electron chi connectivity index (χ2n) is 7.73. The van der Waals surface area contributed by atoms with E-state index < -0.39 is 23.7 Å². The molecule has 30 heavy (non-hydrogen) atoms. The smallest absolute Gasteiger partial charge is 0.273 e. The zero-order valence-corrected chi connectivity index (χ0v) is 17.5. The van der Waals surface area contributed by atoms with Crippen LogP contribution in [0.4, 0.5) is 15.2 Å². The summed E-state index contributed by atoms with van der Waals surface area (Å²) in [5, 5.41) is 9.05. The lowest BCUT2D eigenvalue weighted by molar-refractivity contribution is -0.119. The molecule has 158 valence electrons. The third kappa shape index (κ3) is 4.21. The largest absolute Gasteiger partial charge is 0.368 e. The van der Waals surface area contributed by atoms with Crippen LogP contribution < -0.4 is 16.1 Å². The standard InChI is InChI=1S/C21H24FN5O2S/c1-2-3-12-4-9-15-18(10-12)30-21(24-15)25-20(29)16-11-17(19(23)28)27(26-16)14-7-5-13(22)6-8-14/h5-8,12,17H,2-4,9-11H2,1H3,(H2,23,28)(H,24,25,29). The second-order valence-corrected chi connectivity index (χ2v) is 8.81. The molecular formula is C21H24FN5O2S. The predicted molar refractivity (Wildman–Crippen MR) is 115 cm³/mol. The molecule has 2 heterocycles. The number of rotatable bonds is 6. The molecule has 0 saturated heterocycles. The molecule has 2 amide bonds. The number of hydrogen-bond donors (Lipinski definition) is 2. The van der Waals surface area contributed by atoms with Gasteiger partial charge in [0.15, 0.2) is 5.13 Å². The monoisotopic (exact) mass is 429 g/mol. The van der Waals surface area contributed by atoms with Crippen molar-refractivity contribution in [3.63, 3.8) is 0 Å². The Morgan fingerprint density at radius 1 is 1.30 bits per heavy atom. The van der Waals surface area contributed by atoms with E-state index in [1.165, 1.54) is 58.3 Å². The number of primary amides is 1. The van der Waals surface area contributed by atoms with Gasteiger partial charge in [-0.3, -0.25) is 19.9 Å². The van der Waals surface area contributed by atoms with Crippen LogP contribution in [0.15, 0.2) is 29.4 Å². The first-order valence-electron chi connectivity index (χ1n) is 10.2. The van der Waals surface area contributed by atoms with E-state index in [0.29, 0.717) is 16.7 Å². The first kappa shape index (κ1) is 20.5. The molecule has 1 aromatic carbocycles. The molecule has 1 aliphatic carbocycles. The summed E-state index contributed by atoms with van der Waals surface area (Å²) in [6, 6.07) is 4.74. The number of aryl methyl sites for hydroxylation is 1. The van der Waals surface area contributed by atoms with E-state index >= 15 is 0 Å². The van der Waals surface area contributed by atoms with E-state index in [4.69, 9.17) is 5.73 Å². The SMILES string of the molecule is CCCC1CCc2nc(NC(=O)C3=NN(c4ccc(F)cc4)C(C(N)=O)C3)sc2C1. The predicted octanol–water partition coefficient (Wildman–Crippen LogP) is 3.25. The fourth-order valence-corrected chi connectivity index (χ4v) is 5.14. The van der Waals surface area contributed by atoms with Gasteiger partial charge in [-0.05, 0) is 49.4 Å². The number of halogens is 1. The van der Waals surface area contributed by atoms with Crippen molar-refractivity contribution >= 4 is 39.7 Å². The molecule has 0 spiro atoms. The van der Waals surface area contributed by atoms with Crippen LogP contribution in [0.25, 0.3) is 0 Å². The van der Waals surface area contributed by atoms with E-state index in [9.17, 15) is 14.0 Å². The summed E-state index contributed by atoms with van der Waals surface area (Å²) in [5.74, 6) is -0.713. The van der Waals surface area contributed by atoms with E-state index in [-0.39, 0.29) is 12.1 Å². The first-order chi connectivity index (χ1) is 14.4. The normalized spacial score (nSPS) is 20.6. The van der Waals surface area contributed by atoms with E-state index in [1.807, 2.05) is 0 Å². The van der Waals surface area contributed by atoms with Gasteiger partial charge in [0.05, 0.1) is 11.4 Å². The molecule has 2 atom stereocenters. The minimum absolute atomic E-state index is 0.0855. The highest BCUT2D eigenvalue weighted by molar-refractivity contribution is 7.16. The molecule has 0 fully saturated rings. The highest BCUT2D eigenvalue weighted by Crippen LogP contribution is 2.34. The van der Waals surface area contributed by atoms with Crippen LogP contribution in [0.2, 0.25) is 0 Å². The summed E-state index contributed by atoms with van der Waals surface area (Å²) in [7, 11) is 0. The number of benzene rings is 1. The minimum atomic E-state index is -0.796. The summed E-state index contributed by atoms with van der Waals surface area (Å²) < 4.78 is 13.2. The number of hydrazone groups is 1. The highest BCUT2D eigenvalue weighted by Gasteiger charge is 2.35. The van der Waals surface area contributed by atoms with Crippen LogP contribution in [0, 0.1) is 11.7 Å². The van der Waals surface area contributed by atoms with Gasteiger partial charge in [-0.2, -0.15) is 5.10 Å². The van der Waals surface area contributed by atoms with Crippen LogP contribution in [-0.2, 0) is 22.4 Å². The van der Waals surface area contributed by atoms with Gasteiger partial charge in [-0.1, -0.05) is 19.8 Å². The number of hydrogen-bond acceptors (Lipinski definition) is 6. The Hall–Kier alpha value is -2.81. The maximum atomic E-state index is 13.2. The van der Waals surface area contributed by atoms with Gasteiger partial charge in [0.2, 0.25) is 5.91 Å². The summed E-state index contributed by atoms with van der Waals surface area (Å²) in [4.78, 5) is 30.5. The minimum Gasteiger partial charge on any atom is -0.368 e. The van der Waals surface area contributed by atoms with Gasteiger partial charge in [0.25, 0.3) is 5.91 Å². The molecule has 1 aliphatic heterocycles. The number of nitrogens with zero attached hydrogens (tertiary/aromatic N) is 3. The van der Waals surface area contributed by atoms with Crippen molar-refractivity contribution in [3.8, 4) is 0 Å². The number of aromatic nitrogens is 1. The molecule has 4 rings (SSSR count). The average Bonchev–Trinajstić information content (AvgIpc) is 3.32. The zero-order chi connectivity index (χ0) is 21.3. The number of anilines is 2. The highest BCUT2D eigenvalue weighted by atomic mass is 32.1. The van der Waals surface area contributed by atoms with Gasteiger partial charge >= 0.3 is 0 Å². The summed E-state index contributed by atoms with van der Waals surface area (Å²) in [6.45, 7) is 2.20. The fourth-order valence-electron chi connectivity index (χ4n) is 4.02. The maximum absolute atomic E-state index is 13.2. The maximum Gasteiger partial charge on any atom is 0.273 e. The average molecular weight is 430 g/mol. The van der Waals surface area contributed by atoms with Gasteiger partial charge in [0.1, 0.15) is 17.6 Å².